The first kappa shape index (κ1) is 10.2. The minimum absolute atomic E-state index is 0.0298. The monoisotopic (exact) mass is 219 g/mol. The van der Waals surface area contributed by atoms with Gasteiger partial charge in [0.05, 0.1) is 23.8 Å². The Morgan fingerprint density at radius 1 is 1.50 bits per heavy atom. The number of aromatic nitrogens is 2. The lowest BCUT2D eigenvalue weighted by molar-refractivity contribution is -0.384. The van der Waals surface area contributed by atoms with Crippen LogP contribution < -0.4 is 4.74 Å². The van der Waals surface area contributed by atoms with Gasteiger partial charge >= 0.3 is 0 Å². The molecular formula is C10H9N3O3. The number of aromatic amines is 1. The summed E-state index contributed by atoms with van der Waals surface area (Å²) < 4.78 is 5.03. The third kappa shape index (κ3) is 1.72. The number of H-pyrrole nitrogens is 1. The highest BCUT2D eigenvalue weighted by Crippen LogP contribution is 2.32. The van der Waals surface area contributed by atoms with Crippen molar-refractivity contribution in [2.24, 2.45) is 0 Å². The van der Waals surface area contributed by atoms with Gasteiger partial charge in [-0.25, -0.2) is 0 Å². The van der Waals surface area contributed by atoms with Gasteiger partial charge in [-0.05, 0) is 12.1 Å². The molecule has 16 heavy (non-hydrogen) atoms. The van der Waals surface area contributed by atoms with Gasteiger partial charge in [-0.2, -0.15) is 5.10 Å². The molecule has 1 aromatic carbocycles. The van der Waals surface area contributed by atoms with Crippen LogP contribution in [0.4, 0.5) is 5.69 Å². The van der Waals surface area contributed by atoms with E-state index in [1.807, 2.05) is 0 Å². The molecule has 0 radical (unpaired) electrons. The lowest BCUT2D eigenvalue weighted by Crippen LogP contribution is -1.92. The van der Waals surface area contributed by atoms with Crippen LogP contribution in [0.25, 0.3) is 11.1 Å². The van der Waals surface area contributed by atoms with E-state index in [1.54, 1.807) is 18.3 Å². The van der Waals surface area contributed by atoms with Crippen LogP contribution in [-0.4, -0.2) is 22.2 Å². The molecule has 0 amide bonds. The molecule has 0 bridgehead atoms. The van der Waals surface area contributed by atoms with Gasteiger partial charge in [-0.15, -0.1) is 0 Å². The van der Waals surface area contributed by atoms with Gasteiger partial charge in [-0.3, -0.25) is 15.2 Å². The molecular weight excluding hydrogens is 210 g/mol. The second kappa shape index (κ2) is 4.01. The first-order valence-corrected chi connectivity index (χ1v) is 4.54. The van der Waals surface area contributed by atoms with Gasteiger partial charge in [0, 0.05) is 17.8 Å². The molecule has 0 saturated carbocycles. The Bertz CT molecular complexity index is 508. The van der Waals surface area contributed by atoms with Crippen molar-refractivity contribution < 1.29 is 9.66 Å². The smallest absolute Gasteiger partial charge is 0.277 e. The summed E-state index contributed by atoms with van der Waals surface area (Å²) in [6.07, 6.45) is 3.13. The van der Waals surface area contributed by atoms with Crippen molar-refractivity contribution in [3.63, 3.8) is 0 Å². The summed E-state index contributed by atoms with van der Waals surface area (Å²) >= 11 is 0. The Hall–Kier alpha value is -2.37. The Morgan fingerprint density at radius 2 is 2.31 bits per heavy atom. The first-order valence-electron chi connectivity index (χ1n) is 4.54. The number of hydrogen-bond acceptors (Lipinski definition) is 4. The highest BCUT2D eigenvalue weighted by Gasteiger charge is 2.16. The third-order valence-electron chi connectivity index (χ3n) is 2.21. The minimum Gasteiger partial charge on any atom is -0.497 e. The SMILES string of the molecule is COc1ccc([N+](=O)[O-])c(-c2cn[nH]c2)c1. The molecule has 1 aromatic heterocycles. The van der Waals surface area contributed by atoms with E-state index in [0.29, 0.717) is 16.9 Å². The molecule has 82 valence electrons. The second-order valence-corrected chi connectivity index (χ2v) is 3.13. The van der Waals surface area contributed by atoms with E-state index in [1.165, 1.54) is 19.4 Å². The average Bonchev–Trinajstić information content (AvgIpc) is 2.81. The number of hydrogen-bond donors (Lipinski definition) is 1. The quantitative estimate of drug-likeness (QED) is 0.632. The van der Waals surface area contributed by atoms with E-state index in [4.69, 9.17) is 4.74 Å². The van der Waals surface area contributed by atoms with Gasteiger partial charge < -0.3 is 4.74 Å². The minimum atomic E-state index is -0.429. The largest absolute Gasteiger partial charge is 0.497 e. The average molecular weight is 219 g/mol. The number of nitro groups is 1. The topological polar surface area (TPSA) is 81.1 Å². The lowest BCUT2D eigenvalue weighted by Gasteiger charge is -2.03. The lowest BCUT2D eigenvalue weighted by atomic mass is 10.1. The molecule has 6 heteroatoms. The van der Waals surface area contributed by atoms with Crippen molar-refractivity contribution in [2.45, 2.75) is 0 Å². The second-order valence-electron chi connectivity index (χ2n) is 3.13. The maximum atomic E-state index is 10.9. The summed E-state index contributed by atoms with van der Waals surface area (Å²) in [5.74, 6) is 0.571. The summed E-state index contributed by atoms with van der Waals surface area (Å²) in [5, 5.41) is 17.2. The maximum absolute atomic E-state index is 10.9. The number of rotatable bonds is 3. The molecule has 0 aliphatic heterocycles. The number of nitrogens with zero attached hydrogens (tertiary/aromatic N) is 2. The molecule has 0 spiro atoms. The number of methoxy groups -OCH3 is 1. The Labute approximate surface area is 91.0 Å². The Morgan fingerprint density at radius 3 is 2.88 bits per heavy atom. The first-order chi connectivity index (χ1) is 7.72. The number of nitro benzene ring substituents is 1. The summed E-state index contributed by atoms with van der Waals surface area (Å²) in [4.78, 5) is 10.4. The van der Waals surface area contributed by atoms with Gasteiger partial charge in [0.15, 0.2) is 0 Å². The molecule has 1 N–H and O–H groups in total. The fraction of sp³-hybridized carbons (Fsp3) is 0.100. The van der Waals surface area contributed by atoms with Crippen molar-refractivity contribution in [1.29, 1.82) is 0 Å². The molecule has 2 rings (SSSR count). The number of benzene rings is 1. The van der Waals surface area contributed by atoms with Gasteiger partial charge in [0.25, 0.3) is 5.69 Å². The molecule has 6 nitrogen and oxygen atoms in total. The van der Waals surface area contributed by atoms with Crippen molar-refractivity contribution in [3.8, 4) is 16.9 Å². The Balaban J connectivity index is 2.59. The fourth-order valence-electron chi connectivity index (χ4n) is 1.43. The van der Waals surface area contributed by atoms with Crippen LogP contribution in [0, 0.1) is 10.1 Å². The molecule has 0 aliphatic rings. The summed E-state index contributed by atoms with van der Waals surface area (Å²) in [6, 6.07) is 4.59. The van der Waals surface area contributed by atoms with Gasteiger partial charge in [-0.1, -0.05) is 0 Å². The molecule has 0 fully saturated rings. The van der Waals surface area contributed by atoms with E-state index < -0.39 is 4.92 Å². The van der Waals surface area contributed by atoms with E-state index in [-0.39, 0.29) is 5.69 Å². The summed E-state index contributed by atoms with van der Waals surface area (Å²) in [6.45, 7) is 0. The van der Waals surface area contributed by atoms with Crippen molar-refractivity contribution >= 4 is 5.69 Å². The van der Waals surface area contributed by atoms with Crippen molar-refractivity contribution in [1.82, 2.24) is 10.2 Å². The van der Waals surface area contributed by atoms with E-state index in [2.05, 4.69) is 10.2 Å². The maximum Gasteiger partial charge on any atom is 0.277 e. The predicted molar refractivity (Wildman–Crippen MR) is 57.2 cm³/mol. The van der Waals surface area contributed by atoms with Crippen LogP contribution in [0.2, 0.25) is 0 Å². The molecule has 0 unspecified atom stereocenters. The van der Waals surface area contributed by atoms with Crippen LogP contribution in [0.1, 0.15) is 0 Å². The van der Waals surface area contributed by atoms with Crippen LogP contribution in [-0.2, 0) is 0 Å². The normalized spacial score (nSPS) is 10.1. The standard InChI is InChI=1S/C10H9N3O3/c1-16-8-2-3-10(13(14)15)9(4-8)7-5-11-12-6-7/h2-6H,1H3,(H,11,12). The zero-order chi connectivity index (χ0) is 11.5. The van der Waals surface area contributed by atoms with Crippen LogP contribution in [0.15, 0.2) is 30.6 Å². The van der Waals surface area contributed by atoms with Crippen LogP contribution in [0.5, 0.6) is 5.75 Å². The number of ether oxygens (including phenoxy) is 1. The molecule has 1 heterocycles. The van der Waals surface area contributed by atoms with Gasteiger partial charge in [0.2, 0.25) is 0 Å². The zero-order valence-corrected chi connectivity index (χ0v) is 8.51. The molecule has 2 aromatic rings. The van der Waals surface area contributed by atoms with Crippen molar-refractivity contribution in [2.75, 3.05) is 7.11 Å². The van der Waals surface area contributed by atoms with E-state index in [0.717, 1.165) is 0 Å². The highest BCUT2D eigenvalue weighted by molar-refractivity contribution is 5.73. The summed E-state index contributed by atoms with van der Waals surface area (Å²) in [7, 11) is 1.51. The highest BCUT2D eigenvalue weighted by atomic mass is 16.6. The van der Waals surface area contributed by atoms with E-state index >= 15 is 0 Å². The third-order valence-corrected chi connectivity index (χ3v) is 2.21. The molecule has 0 saturated heterocycles. The molecule has 0 atom stereocenters. The predicted octanol–water partition coefficient (Wildman–Crippen LogP) is 1.99. The zero-order valence-electron chi connectivity index (χ0n) is 8.51. The van der Waals surface area contributed by atoms with Crippen LogP contribution in [0.3, 0.4) is 0 Å². The van der Waals surface area contributed by atoms with Crippen LogP contribution >= 0.6 is 0 Å². The molecule has 0 aliphatic carbocycles. The number of nitrogens with one attached hydrogen (secondary N) is 1. The fourth-order valence-corrected chi connectivity index (χ4v) is 1.43. The summed E-state index contributed by atoms with van der Waals surface area (Å²) in [5.41, 5.74) is 1.17. The van der Waals surface area contributed by atoms with Gasteiger partial charge in [0.1, 0.15) is 5.75 Å². The Kier molecular flexibility index (Phi) is 2.55. The van der Waals surface area contributed by atoms with E-state index in [9.17, 15) is 10.1 Å². The van der Waals surface area contributed by atoms with Crippen molar-refractivity contribution in [3.05, 3.63) is 40.7 Å².